The Labute approximate surface area is 186 Å². The van der Waals surface area contributed by atoms with Crippen LogP contribution in [-0.4, -0.2) is 42.2 Å². The predicted octanol–water partition coefficient (Wildman–Crippen LogP) is 4.31. The Morgan fingerprint density at radius 1 is 1.09 bits per heavy atom. The number of anilines is 1. The standard InChI is InChI=1S/C24H26N4O4/c1-17(22-15-18-7-5-6-10-21(18)32-22)25-23(29)16-31-27-20-11-13-28(14-12-20)24(30)26-19-8-3-2-4-9-19/h2-10,15,17H,11-14,16H2,1H3,(H,25,29)(H,26,30). The monoisotopic (exact) mass is 434 g/mol. The van der Waals surface area contributed by atoms with E-state index in [1.54, 1.807) is 4.90 Å². The lowest BCUT2D eigenvalue weighted by molar-refractivity contribution is -0.126. The van der Waals surface area contributed by atoms with Crippen LogP contribution in [0.1, 0.15) is 31.6 Å². The number of benzene rings is 2. The van der Waals surface area contributed by atoms with E-state index >= 15 is 0 Å². The Morgan fingerprint density at radius 3 is 2.56 bits per heavy atom. The van der Waals surface area contributed by atoms with Gasteiger partial charge in [-0.15, -0.1) is 0 Å². The zero-order valence-corrected chi connectivity index (χ0v) is 17.9. The molecule has 2 heterocycles. The summed E-state index contributed by atoms with van der Waals surface area (Å²) < 4.78 is 5.78. The van der Waals surface area contributed by atoms with Crippen LogP contribution < -0.4 is 10.6 Å². The fourth-order valence-electron chi connectivity index (χ4n) is 3.54. The van der Waals surface area contributed by atoms with Crippen molar-refractivity contribution in [2.24, 2.45) is 5.16 Å². The molecule has 1 atom stereocenters. The van der Waals surface area contributed by atoms with Gasteiger partial charge >= 0.3 is 6.03 Å². The molecule has 32 heavy (non-hydrogen) atoms. The van der Waals surface area contributed by atoms with Crippen LogP contribution in [-0.2, 0) is 9.63 Å². The van der Waals surface area contributed by atoms with Crippen LogP contribution in [0, 0.1) is 0 Å². The van der Waals surface area contributed by atoms with Gasteiger partial charge in [0.2, 0.25) is 0 Å². The van der Waals surface area contributed by atoms with Crippen LogP contribution in [0.5, 0.6) is 0 Å². The number of amides is 3. The van der Waals surface area contributed by atoms with Gasteiger partial charge in [-0.1, -0.05) is 41.6 Å². The zero-order chi connectivity index (χ0) is 22.3. The Morgan fingerprint density at radius 2 is 1.81 bits per heavy atom. The molecule has 166 valence electrons. The number of furan rings is 1. The molecular weight excluding hydrogens is 408 g/mol. The number of carbonyl (C=O) groups is 2. The average molecular weight is 434 g/mol. The summed E-state index contributed by atoms with van der Waals surface area (Å²) in [6.45, 7) is 2.79. The Kier molecular flexibility index (Phi) is 6.69. The van der Waals surface area contributed by atoms with E-state index < -0.39 is 0 Å². The molecule has 1 aliphatic heterocycles. The maximum absolute atomic E-state index is 12.3. The fourth-order valence-corrected chi connectivity index (χ4v) is 3.54. The van der Waals surface area contributed by atoms with Crippen molar-refractivity contribution in [1.29, 1.82) is 0 Å². The molecular formula is C24H26N4O4. The number of piperidine rings is 1. The zero-order valence-electron chi connectivity index (χ0n) is 17.9. The van der Waals surface area contributed by atoms with Gasteiger partial charge in [-0.2, -0.15) is 0 Å². The molecule has 1 fully saturated rings. The van der Waals surface area contributed by atoms with E-state index in [-0.39, 0.29) is 24.6 Å². The van der Waals surface area contributed by atoms with Gasteiger partial charge in [0.15, 0.2) is 6.61 Å². The molecule has 0 radical (unpaired) electrons. The normalized spacial score (nSPS) is 14.7. The molecule has 1 aliphatic rings. The number of oxime groups is 1. The van der Waals surface area contributed by atoms with Crippen LogP contribution in [0.3, 0.4) is 0 Å². The largest absolute Gasteiger partial charge is 0.459 e. The minimum atomic E-state index is -0.280. The quantitative estimate of drug-likeness (QED) is 0.565. The highest BCUT2D eigenvalue weighted by Crippen LogP contribution is 2.23. The molecule has 1 aromatic heterocycles. The van der Waals surface area contributed by atoms with Gasteiger partial charge in [-0.25, -0.2) is 4.79 Å². The number of nitrogens with zero attached hydrogens (tertiary/aromatic N) is 2. The van der Waals surface area contributed by atoms with Crippen molar-refractivity contribution in [1.82, 2.24) is 10.2 Å². The molecule has 3 aromatic rings. The smallest absolute Gasteiger partial charge is 0.321 e. The van der Waals surface area contributed by atoms with E-state index in [0.29, 0.717) is 31.7 Å². The highest BCUT2D eigenvalue weighted by atomic mass is 16.6. The second kappa shape index (κ2) is 10.00. The SMILES string of the molecule is CC(NC(=O)CON=C1CCN(C(=O)Nc2ccccc2)CC1)c1cc2ccccc2o1. The van der Waals surface area contributed by atoms with Crippen molar-refractivity contribution >= 4 is 34.3 Å². The lowest BCUT2D eigenvalue weighted by atomic mass is 10.1. The highest BCUT2D eigenvalue weighted by Gasteiger charge is 2.20. The number of hydrogen-bond donors (Lipinski definition) is 2. The van der Waals surface area contributed by atoms with Crippen LogP contribution in [0.2, 0.25) is 0 Å². The van der Waals surface area contributed by atoms with E-state index in [2.05, 4.69) is 15.8 Å². The van der Waals surface area contributed by atoms with Crippen molar-refractivity contribution in [3.8, 4) is 0 Å². The summed E-state index contributed by atoms with van der Waals surface area (Å²) in [7, 11) is 0. The lowest BCUT2D eigenvalue weighted by Crippen LogP contribution is -2.41. The molecule has 3 amide bonds. The van der Waals surface area contributed by atoms with Crippen LogP contribution >= 0.6 is 0 Å². The van der Waals surface area contributed by atoms with Crippen molar-refractivity contribution in [2.75, 3.05) is 25.0 Å². The van der Waals surface area contributed by atoms with Crippen molar-refractivity contribution in [2.45, 2.75) is 25.8 Å². The second-order valence-electron chi connectivity index (χ2n) is 7.69. The number of carbonyl (C=O) groups excluding carboxylic acids is 2. The molecule has 4 rings (SSSR count). The van der Waals surface area contributed by atoms with Crippen molar-refractivity contribution < 1.29 is 18.8 Å². The summed E-state index contributed by atoms with van der Waals surface area (Å²) in [5.74, 6) is 0.411. The third kappa shape index (κ3) is 5.46. The second-order valence-corrected chi connectivity index (χ2v) is 7.69. The fraction of sp³-hybridized carbons (Fsp3) is 0.292. The van der Waals surface area contributed by atoms with Gasteiger partial charge in [0.25, 0.3) is 5.91 Å². The number of urea groups is 1. The number of likely N-dealkylation sites (tertiary alicyclic amines) is 1. The third-order valence-corrected chi connectivity index (χ3v) is 5.29. The molecule has 0 saturated carbocycles. The third-order valence-electron chi connectivity index (χ3n) is 5.29. The minimum absolute atomic E-state index is 0.130. The van der Waals surface area contributed by atoms with Gasteiger partial charge in [0, 0.05) is 37.0 Å². The average Bonchev–Trinajstić information content (AvgIpc) is 3.25. The summed E-state index contributed by atoms with van der Waals surface area (Å²) >= 11 is 0. The Bertz CT molecular complexity index is 1070. The first-order chi connectivity index (χ1) is 15.6. The molecule has 2 N–H and O–H groups in total. The number of fused-ring (bicyclic) bond motifs is 1. The summed E-state index contributed by atoms with van der Waals surface area (Å²) in [4.78, 5) is 31.5. The maximum atomic E-state index is 12.3. The van der Waals surface area contributed by atoms with E-state index in [4.69, 9.17) is 9.25 Å². The van der Waals surface area contributed by atoms with Gasteiger partial charge in [0.05, 0.1) is 11.8 Å². The van der Waals surface area contributed by atoms with E-state index in [1.165, 1.54) is 0 Å². The summed E-state index contributed by atoms with van der Waals surface area (Å²) in [6.07, 6.45) is 1.22. The Hall–Kier alpha value is -3.81. The number of para-hydroxylation sites is 2. The lowest BCUT2D eigenvalue weighted by Gasteiger charge is -2.27. The summed E-state index contributed by atoms with van der Waals surface area (Å²) in [5.41, 5.74) is 2.39. The Balaban J connectivity index is 1.19. The molecule has 2 aromatic carbocycles. The predicted molar refractivity (Wildman–Crippen MR) is 122 cm³/mol. The number of hydrogen-bond acceptors (Lipinski definition) is 5. The molecule has 0 spiro atoms. The van der Waals surface area contributed by atoms with Crippen molar-refractivity contribution in [3.63, 3.8) is 0 Å². The molecule has 0 bridgehead atoms. The first-order valence-corrected chi connectivity index (χ1v) is 10.6. The first-order valence-electron chi connectivity index (χ1n) is 10.6. The van der Waals surface area contributed by atoms with Gasteiger partial charge < -0.3 is 24.8 Å². The van der Waals surface area contributed by atoms with Gasteiger partial charge in [-0.3, -0.25) is 4.79 Å². The maximum Gasteiger partial charge on any atom is 0.321 e. The summed E-state index contributed by atoms with van der Waals surface area (Å²) in [5, 5.41) is 10.8. The van der Waals surface area contributed by atoms with Crippen LogP contribution in [0.15, 0.2) is 70.2 Å². The minimum Gasteiger partial charge on any atom is -0.459 e. The van der Waals surface area contributed by atoms with Crippen LogP contribution in [0.4, 0.5) is 10.5 Å². The van der Waals surface area contributed by atoms with E-state index in [9.17, 15) is 9.59 Å². The van der Waals surface area contributed by atoms with E-state index in [1.807, 2.05) is 67.6 Å². The number of nitrogens with one attached hydrogen (secondary N) is 2. The van der Waals surface area contributed by atoms with Gasteiger partial charge in [0.1, 0.15) is 11.3 Å². The molecule has 1 unspecified atom stereocenters. The first kappa shape index (κ1) is 21.4. The van der Waals surface area contributed by atoms with Crippen molar-refractivity contribution in [3.05, 3.63) is 66.4 Å². The number of rotatable bonds is 6. The topological polar surface area (TPSA) is 96.2 Å². The summed E-state index contributed by atoms with van der Waals surface area (Å²) in [6, 6.07) is 18.6. The molecule has 0 aliphatic carbocycles. The van der Waals surface area contributed by atoms with Crippen LogP contribution in [0.25, 0.3) is 11.0 Å². The molecule has 8 nitrogen and oxygen atoms in total. The van der Waals surface area contributed by atoms with Gasteiger partial charge in [-0.05, 0) is 31.2 Å². The molecule has 8 heteroatoms. The highest BCUT2D eigenvalue weighted by molar-refractivity contribution is 5.92. The van der Waals surface area contributed by atoms with E-state index in [0.717, 1.165) is 22.4 Å². The molecule has 1 saturated heterocycles.